The van der Waals surface area contributed by atoms with Crippen LogP contribution in [0.4, 0.5) is 0 Å². The van der Waals surface area contributed by atoms with Crippen molar-refractivity contribution in [2.75, 3.05) is 20.5 Å². The van der Waals surface area contributed by atoms with E-state index in [1.807, 2.05) is 0 Å². The summed E-state index contributed by atoms with van der Waals surface area (Å²) in [5, 5.41) is 0. The summed E-state index contributed by atoms with van der Waals surface area (Å²) >= 11 is 0. The van der Waals surface area contributed by atoms with Gasteiger partial charge < -0.3 is 18.9 Å². The topological polar surface area (TPSA) is 40.2 Å². The zero-order chi connectivity index (χ0) is 17.7. The van der Waals surface area contributed by atoms with Gasteiger partial charge in [-0.2, -0.15) is 0 Å². The van der Waals surface area contributed by atoms with E-state index in [1.54, 1.807) is 7.11 Å². The van der Waals surface area contributed by atoms with Gasteiger partial charge in [0.05, 0.1) is 24.9 Å². The Labute approximate surface area is 154 Å². The van der Waals surface area contributed by atoms with Crippen molar-refractivity contribution in [3.63, 3.8) is 0 Å². The van der Waals surface area contributed by atoms with Crippen LogP contribution in [0.3, 0.4) is 0 Å². The Morgan fingerprint density at radius 1 is 0.880 bits per heavy atom. The Balaban J connectivity index is 1.51. The van der Waals surface area contributed by atoms with Crippen LogP contribution < -0.4 is 0 Å². The summed E-state index contributed by atoms with van der Waals surface area (Å²) in [6.45, 7) is 3.52. The lowest BCUT2D eigenvalue weighted by Crippen LogP contribution is -2.31. The van der Waals surface area contributed by atoms with Crippen molar-refractivity contribution in [3.05, 3.63) is 0 Å². The third kappa shape index (κ3) is 8.85. The number of methoxy groups -OCH3 is 1. The average Bonchev–Trinajstić information content (AvgIpc) is 3.36. The van der Waals surface area contributed by atoms with E-state index in [1.165, 1.54) is 64.2 Å². The number of hydrogen-bond donors (Lipinski definition) is 0. The minimum absolute atomic E-state index is 0.178. The van der Waals surface area contributed by atoms with Gasteiger partial charge in [-0.3, -0.25) is 0 Å². The molecule has 0 spiro atoms. The van der Waals surface area contributed by atoms with E-state index in [4.69, 9.17) is 18.9 Å². The van der Waals surface area contributed by atoms with Crippen molar-refractivity contribution >= 4 is 0 Å². The fourth-order valence-corrected chi connectivity index (χ4v) is 3.87. The molecule has 0 unspecified atom stereocenters. The first kappa shape index (κ1) is 21.1. The highest BCUT2D eigenvalue weighted by Crippen LogP contribution is 2.32. The van der Waals surface area contributed by atoms with Gasteiger partial charge in [-0.1, -0.05) is 71.1 Å². The number of unbranched alkanes of at least 4 members (excludes halogenated alkanes) is 9. The highest BCUT2D eigenvalue weighted by Gasteiger charge is 2.41. The average molecular weight is 357 g/mol. The zero-order valence-corrected chi connectivity index (χ0v) is 16.5. The van der Waals surface area contributed by atoms with Gasteiger partial charge in [0.15, 0.2) is 0 Å². The first-order chi connectivity index (χ1) is 12.3. The van der Waals surface area contributed by atoms with Crippen LogP contribution in [-0.2, 0) is 18.9 Å². The molecule has 0 aromatic heterocycles. The molecule has 2 aliphatic rings. The molecule has 0 radical (unpaired) electrons. The van der Waals surface area contributed by atoms with Crippen LogP contribution in [0.15, 0.2) is 0 Å². The molecule has 4 heteroatoms. The molecule has 0 aliphatic carbocycles. The largest absolute Gasteiger partial charge is 0.370 e. The van der Waals surface area contributed by atoms with E-state index < -0.39 is 0 Å². The van der Waals surface area contributed by atoms with E-state index >= 15 is 0 Å². The van der Waals surface area contributed by atoms with Gasteiger partial charge in [-0.05, 0) is 19.3 Å². The minimum atomic E-state index is 0.178. The third-order valence-electron chi connectivity index (χ3n) is 5.52. The van der Waals surface area contributed by atoms with E-state index in [-0.39, 0.29) is 12.2 Å². The molecule has 0 amide bonds. The Kier molecular flexibility index (Phi) is 11.1. The van der Waals surface area contributed by atoms with Crippen molar-refractivity contribution < 1.29 is 18.9 Å². The highest BCUT2D eigenvalue weighted by molar-refractivity contribution is 4.88. The summed E-state index contributed by atoms with van der Waals surface area (Å²) < 4.78 is 22.6. The van der Waals surface area contributed by atoms with Crippen molar-refractivity contribution in [1.82, 2.24) is 0 Å². The normalized spacial score (nSPS) is 26.9. The maximum Gasteiger partial charge on any atom is 0.146 e. The van der Waals surface area contributed by atoms with Gasteiger partial charge in [0.1, 0.15) is 12.9 Å². The smallest absolute Gasteiger partial charge is 0.146 e. The second-order valence-corrected chi connectivity index (χ2v) is 7.74. The Morgan fingerprint density at radius 2 is 1.52 bits per heavy atom. The molecule has 0 N–H and O–H groups in total. The van der Waals surface area contributed by atoms with Gasteiger partial charge in [0.2, 0.25) is 0 Å². The maximum absolute atomic E-state index is 6.18. The van der Waals surface area contributed by atoms with E-state index in [0.717, 1.165) is 25.9 Å². The Bertz CT molecular complexity index is 319. The molecule has 2 heterocycles. The fourth-order valence-electron chi connectivity index (χ4n) is 3.87. The van der Waals surface area contributed by atoms with E-state index in [2.05, 4.69) is 6.92 Å². The van der Waals surface area contributed by atoms with Crippen LogP contribution in [0.5, 0.6) is 0 Å². The lowest BCUT2D eigenvalue weighted by atomic mass is 10.0. The summed E-state index contributed by atoms with van der Waals surface area (Å²) in [7, 11) is 1.69. The fraction of sp³-hybridized carbons (Fsp3) is 1.00. The van der Waals surface area contributed by atoms with Gasteiger partial charge in [-0.15, -0.1) is 0 Å². The minimum Gasteiger partial charge on any atom is -0.370 e. The van der Waals surface area contributed by atoms with Gasteiger partial charge in [0, 0.05) is 7.11 Å². The van der Waals surface area contributed by atoms with E-state index in [0.29, 0.717) is 19.0 Å². The number of hydrogen-bond acceptors (Lipinski definition) is 4. The molecule has 25 heavy (non-hydrogen) atoms. The van der Waals surface area contributed by atoms with Crippen LogP contribution in [0.2, 0.25) is 0 Å². The molecular weight excluding hydrogens is 316 g/mol. The Morgan fingerprint density at radius 3 is 2.12 bits per heavy atom. The molecule has 0 aromatic rings. The molecule has 0 aromatic carbocycles. The van der Waals surface area contributed by atoms with Crippen molar-refractivity contribution in [2.45, 2.75) is 115 Å². The standard InChI is InChI=1S/C21H40O4/c1-3-4-5-6-7-8-9-10-11-12-13-18(24-17-22-2)19-14-15-20(25-19)21-16-23-21/h18-21H,3-17H2,1-2H3/t18-,19+,20+,21+/m0/s1. The van der Waals surface area contributed by atoms with Gasteiger partial charge in [0.25, 0.3) is 0 Å². The predicted octanol–water partition coefficient (Wildman–Crippen LogP) is 5.23. The monoisotopic (exact) mass is 356 g/mol. The van der Waals surface area contributed by atoms with Crippen LogP contribution in [0, 0.1) is 0 Å². The molecule has 4 atom stereocenters. The van der Waals surface area contributed by atoms with Crippen molar-refractivity contribution in [1.29, 1.82) is 0 Å². The predicted molar refractivity (Wildman–Crippen MR) is 101 cm³/mol. The molecule has 2 rings (SSSR count). The number of epoxide rings is 1. The van der Waals surface area contributed by atoms with Gasteiger partial charge in [-0.25, -0.2) is 0 Å². The molecule has 0 bridgehead atoms. The molecule has 0 saturated carbocycles. The first-order valence-electron chi connectivity index (χ1n) is 10.7. The lowest BCUT2D eigenvalue weighted by molar-refractivity contribution is -0.129. The quantitative estimate of drug-likeness (QED) is 0.216. The van der Waals surface area contributed by atoms with Crippen molar-refractivity contribution in [2.24, 2.45) is 0 Å². The Hall–Kier alpha value is -0.160. The summed E-state index contributed by atoms with van der Waals surface area (Å²) in [4.78, 5) is 0. The van der Waals surface area contributed by atoms with Crippen LogP contribution >= 0.6 is 0 Å². The lowest BCUT2D eigenvalue weighted by Gasteiger charge is -2.24. The van der Waals surface area contributed by atoms with Gasteiger partial charge >= 0.3 is 0 Å². The summed E-state index contributed by atoms with van der Waals surface area (Å²) in [6, 6.07) is 0. The number of ether oxygens (including phenoxy) is 4. The van der Waals surface area contributed by atoms with Crippen LogP contribution in [0.25, 0.3) is 0 Å². The summed E-state index contributed by atoms with van der Waals surface area (Å²) in [6.07, 6.45) is 18.0. The maximum atomic E-state index is 6.18. The SMILES string of the molecule is CCCCCCCCCCCC[C@H](OCOC)[C@H]1CC[C@H]([C@H]2CO2)O1. The molecule has 2 fully saturated rings. The zero-order valence-electron chi connectivity index (χ0n) is 16.5. The molecular formula is C21H40O4. The highest BCUT2D eigenvalue weighted by atomic mass is 16.7. The van der Waals surface area contributed by atoms with Crippen LogP contribution in [-0.4, -0.2) is 44.9 Å². The third-order valence-corrected chi connectivity index (χ3v) is 5.52. The second kappa shape index (κ2) is 13.1. The molecule has 4 nitrogen and oxygen atoms in total. The van der Waals surface area contributed by atoms with Crippen molar-refractivity contribution in [3.8, 4) is 0 Å². The second-order valence-electron chi connectivity index (χ2n) is 7.74. The first-order valence-corrected chi connectivity index (χ1v) is 10.7. The molecule has 2 saturated heterocycles. The number of rotatable bonds is 16. The van der Waals surface area contributed by atoms with Crippen LogP contribution in [0.1, 0.15) is 90.4 Å². The van der Waals surface area contributed by atoms with E-state index in [9.17, 15) is 0 Å². The summed E-state index contributed by atoms with van der Waals surface area (Å²) in [5.74, 6) is 0. The molecule has 2 aliphatic heterocycles. The summed E-state index contributed by atoms with van der Waals surface area (Å²) in [5.41, 5.74) is 0. The molecule has 148 valence electrons.